The summed E-state index contributed by atoms with van der Waals surface area (Å²) in [4.78, 5) is 24.8. The van der Waals surface area contributed by atoms with Gasteiger partial charge >= 0.3 is 0 Å². The topological polar surface area (TPSA) is 46.2 Å². The molecule has 0 saturated carbocycles. The van der Waals surface area contributed by atoms with Gasteiger partial charge in [-0.15, -0.1) is 0 Å². The predicted octanol–water partition coefficient (Wildman–Crippen LogP) is 3.24. The van der Waals surface area contributed by atoms with Crippen molar-refractivity contribution in [2.45, 2.75) is 13.5 Å². The van der Waals surface area contributed by atoms with Crippen LogP contribution in [0.2, 0.25) is 6.55 Å². The van der Waals surface area contributed by atoms with Crippen LogP contribution in [0.25, 0.3) is 0 Å². The van der Waals surface area contributed by atoms with Crippen LogP contribution < -0.4 is 15.7 Å². The largest absolute Gasteiger partial charge is 0.289 e. The Morgan fingerprint density at radius 2 is 1.29 bits per heavy atom. The van der Waals surface area contributed by atoms with E-state index in [0.29, 0.717) is 5.56 Å². The number of nitrogens with one attached hydrogen (secondary N) is 1. The first-order chi connectivity index (χ1) is 13.5. The summed E-state index contributed by atoms with van der Waals surface area (Å²) in [5, 5.41) is 4.88. The van der Waals surface area contributed by atoms with E-state index in [9.17, 15) is 9.59 Å². The molecule has 0 aliphatic carbocycles. The monoisotopic (exact) mass is 385 g/mol. The van der Waals surface area contributed by atoms with E-state index in [0.717, 1.165) is 5.56 Å². The first kappa shape index (κ1) is 19.5. The van der Waals surface area contributed by atoms with Gasteiger partial charge in [-0.05, 0) is 24.6 Å². The molecule has 0 aromatic heterocycles. The molecule has 0 radical (unpaired) electrons. The second-order valence-corrected chi connectivity index (χ2v) is 10.8. The molecule has 0 spiro atoms. The molecule has 0 aliphatic heterocycles. The molecule has 3 nitrogen and oxygen atoms in total. The van der Waals surface area contributed by atoms with Crippen molar-refractivity contribution in [1.29, 1.82) is 0 Å². The Bertz CT molecular complexity index is 958. The zero-order chi connectivity index (χ0) is 20.0. The van der Waals surface area contributed by atoms with E-state index >= 15 is 0 Å². The summed E-state index contributed by atoms with van der Waals surface area (Å²) in [7, 11) is -2.26. The molecule has 3 aromatic carbocycles. The Labute approximate surface area is 166 Å². The zero-order valence-electron chi connectivity index (χ0n) is 16.1. The van der Waals surface area contributed by atoms with Crippen molar-refractivity contribution < 1.29 is 9.59 Å². The Kier molecular flexibility index (Phi) is 6.02. The lowest BCUT2D eigenvalue weighted by molar-refractivity contribution is -0.115. The molecular formula is C24H23NO2Si. The fourth-order valence-corrected chi connectivity index (χ4v) is 6.19. The van der Waals surface area contributed by atoms with Crippen molar-refractivity contribution in [3.63, 3.8) is 0 Å². The summed E-state index contributed by atoms with van der Waals surface area (Å²) in [5.41, 5.74) is 3.33. The van der Waals surface area contributed by atoms with Gasteiger partial charge in [0.15, 0.2) is 0 Å². The van der Waals surface area contributed by atoms with Crippen LogP contribution in [-0.2, 0) is 4.79 Å². The van der Waals surface area contributed by atoms with Crippen molar-refractivity contribution in [3.8, 4) is 0 Å². The standard InChI is InChI=1S/C24H23NO2Si/c1-19-11-9-10-16-22(19)24(27)25-23(26)17-18-28(2,20-12-5-3-6-13-20)21-14-7-4-8-15-21/h3-18H,1-2H3,(H,25,26,27). The summed E-state index contributed by atoms with van der Waals surface area (Å²) < 4.78 is 0. The molecule has 0 bridgehead atoms. The van der Waals surface area contributed by atoms with E-state index in [2.05, 4.69) is 36.1 Å². The average Bonchev–Trinajstić information content (AvgIpc) is 2.73. The third kappa shape index (κ3) is 4.35. The molecule has 0 fully saturated rings. The van der Waals surface area contributed by atoms with Gasteiger partial charge in [-0.2, -0.15) is 0 Å². The summed E-state index contributed by atoms with van der Waals surface area (Å²) in [6.45, 7) is 4.05. The highest BCUT2D eigenvalue weighted by Crippen LogP contribution is 2.09. The second kappa shape index (κ2) is 8.63. The molecule has 2 amide bonds. The van der Waals surface area contributed by atoms with Crippen molar-refractivity contribution in [1.82, 2.24) is 5.32 Å². The summed E-state index contributed by atoms with van der Waals surface area (Å²) in [6, 6.07) is 27.6. The van der Waals surface area contributed by atoms with Crippen LogP contribution in [0.15, 0.2) is 96.7 Å². The molecule has 1 N–H and O–H groups in total. The van der Waals surface area contributed by atoms with Crippen LogP contribution in [-0.4, -0.2) is 19.9 Å². The minimum atomic E-state index is -2.26. The minimum Gasteiger partial charge on any atom is -0.289 e. The van der Waals surface area contributed by atoms with E-state index in [1.807, 2.05) is 61.2 Å². The van der Waals surface area contributed by atoms with Gasteiger partial charge in [-0.25, -0.2) is 0 Å². The first-order valence-electron chi connectivity index (χ1n) is 9.22. The van der Waals surface area contributed by atoms with E-state index in [1.54, 1.807) is 12.1 Å². The normalized spacial score (nSPS) is 11.4. The lowest BCUT2D eigenvalue weighted by atomic mass is 10.1. The molecule has 3 rings (SSSR count). The third-order valence-electron chi connectivity index (χ3n) is 4.94. The molecule has 4 heteroatoms. The molecule has 0 saturated heterocycles. The van der Waals surface area contributed by atoms with Crippen molar-refractivity contribution in [2.75, 3.05) is 0 Å². The average molecular weight is 386 g/mol. The van der Waals surface area contributed by atoms with Crippen molar-refractivity contribution in [3.05, 3.63) is 108 Å². The van der Waals surface area contributed by atoms with Gasteiger partial charge in [0.2, 0.25) is 5.91 Å². The maximum Gasteiger partial charge on any atom is 0.258 e. The second-order valence-electron chi connectivity index (χ2n) is 6.90. The molecular weight excluding hydrogens is 362 g/mol. The van der Waals surface area contributed by atoms with Gasteiger partial charge in [0.1, 0.15) is 8.07 Å². The highest BCUT2D eigenvalue weighted by molar-refractivity contribution is 7.05. The Balaban J connectivity index is 1.85. The maximum atomic E-state index is 12.5. The van der Waals surface area contributed by atoms with Gasteiger partial charge in [-0.1, -0.05) is 101 Å². The SMILES string of the molecule is Cc1ccccc1C(=O)NC(=O)C=C[Si](C)(c1ccccc1)c1ccccc1. The van der Waals surface area contributed by atoms with E-state index in [1.165, 1.54) is 16.4 Å². The van der Waals surface area contributed by atoms with E-state index < -0.39 is 14.0 Å². The Morgan fingerprint density at radius 1 is 0.786 bits per heavy atom. The number of imide groups is 1. The highest BCUT2D eigenvalue weighted by Gasteiger charge is 2.29. The summed E-state index contributed by atoms with van der Waals surface area (Å²) >= 11 is 0. The smallest absolute Gasteiger partial charge is 0.258 e. The molecule has 3 aromatic rings. The Morgan fingerprint density at radius 3 is 1.82 bits per heavy atom. The highest BCUT2D eigenvalue weighted by atomic mass is 28.3. The van der Waals surface area contributed by atoms with Gasteiger partial charge in [0.05, 0.1) is 0 Å². The lowest BCUT2D eigenvalue weighted by Gasteiger charge is -2.25. The maximum absolute atomic E-state index is 12.5. The molecule has 0 heterocycles. The van der Waals surface area contributed by atoms with Crippen LogP contribution in [0, 0.1) is 6.92 Å². The number of aryl methyl sites for hydroxylation is 1. The number of hydrogen-bond donors (Lipinski definition) is 1. The first-order valence-corrected chi connectivity index (χ1v) is 11.8. The third-order valence-corrected chi connectivity index (χ3v) is 8.84. The van der Waals surface area contributed by atoms with Crippen LogP contribution >= 0.6 is 0 Å². The number of amides is 2. The fourth-order valence-electron chi connectivity index (χ4n) is 3.22. The number of hydrogen-bond acceptors (Lipinski definition) is 2. The number of rotatable bonds is 5. The number of benzene rings is 3. The van der Waals surface area contributed by atoms with E-state index in [4.69, 9.17) is 0 Å². The van der Waals surface area contributed by atoms with Gasteiger partial charge < -0.3 is 0 Å². The zero-order valence-corrected chi connectivity index (χ0v) is 17.1. The van der Waals surface area contributed by atoms with Crippen LogP contribution in [0.3, 0.4) is 0 Å². The molecule has 0 unspecified atom stereocenters. The van der Waals surface area contributed by atoms with E-state index in [-0.39, 0.29) is 5.91 Å². The molecule has 0 aliphatic rings. The predicted molar refractivity (Wildman–Crippen MR) is 117 cm³/mol. The van der Waals surface area contributed by atoms with Crippen LogP contribution in [0.5, 0.6) is 0 Å². The summed E-state index contributed by atoms with van der Waals surface area (Å²) in [6.07, 6.45) is 1.50. The fraction of sp³-hybridized carbons (Fsp3) is 0.0833. The molecule has 140 valence electrons. The molecule has 28 heavy (non-hydrogen) atoms. The lowest BCUT2D eigenvalue weighted by Crippen LogP contribution is -2.54. The van der Waals surface area contributed by atoms with Crippen LogP contribution in [0.1, 0.15) is 15.9 Å². The summed E-state index contributed by atoms with van der Waals surface area (Å²) in [5.74, 6) is -0.783. The van der Waals surface area contributed by atoms with Crippen LogP contribution in [0.4, 0.5) is 0 Å². The van der Waals surface area contributed by atoms with Crippen molar-refractivity contribution in [2.24, 2.45) is 0 Å². The quantitative estimate of drug-likeness (QED) is 0.541. The van der Waals surface area contributed by atoms with Gasteiger partial charge in [-0.3, -0.25) is 14.9 Å². The van der Waals surface area contributed by atoms with Gasteiger partial charge in [0.25, 0.3) is 5.91 Å². The minimum absolute atomic E-state index is 0.379. The number of carbonyl (C=O) groups excluding carboxylic acids is 2. The molecule has 0 atom stereocenters. The Hall–Kier alpha value is -3.24. The van der Waals surface area contributed by atoms with Gasteiger partial charge in [0, 0.05) is 5.56 Å². The van der Waals surface area contributed by atoms with Crippen molar-refractivity contribution >= 4 is 30.3 Å². The number of carbonyl (C=O) groups is 2.